The van der Waals surface area contributed by atoms with Crippen LogP contribution in [0.1, 0.15) is 85.4 Å². The number of thiazole rings is 1. The number of aliphatic hydroxyl groups excluding tert-OH is 1. The van der Waals surface area contributed by atoms with Crippen molar-refractivity contribution in [3.63, 3.8) is 0 Å². The second kappa shape index (κ2) is 20.1. The van der Waals surface area contributed by atoms with Gasteiger partial charge in [0.2, 0.25) is 23.6 Å². The van der Waals surface area contributed by atoms with Crippen LogP contribution in [0.4, 0.5) is 4.79 Å². The number of aliphatic hydroxyl groups is 1. The molecule has 0 spiro atoms. The van der Waals surface area contributed by atoms with Crippen molar-refractivity contribution < 1.29 is 34.2 Å². The summed E-state index contributed by atoms with van der Waals surface area (Å²) in [6.45, 7) is 16.9. The second-order valence-corrected chi connectivity index (χ2v) is 14.2. The van der Waals surface area contributed by atoms with Gasteiger partial charge in [-0.15, -0.1) is 11.3 Å². The average Bonchev–Trinajstić information content (AvgIpc) is 3.38. The molecule has 0 aliphatic carbocycles. The quantitative estimate of drug-likeness (QED) is 0.110. The smallest absolute Gasteiger partial charge is 0.404 e. The second-order valence-electron chi connectivity index (χ2n) is 13.3. The SMILES string of the molecule is CC[C@@H](Cc1nc(C)cs1)C(=O)N[C@@H](CNC(=O)O)C(=O)N[C@@H](CC(C)C)[C@@H](O)C[C@@H](C)C(=O)N[C@H](C(=O)NCC(C)C)C(C)C. The van der Waals surface area contributed by atoms with Gasteiger partial charge in [-0.2, -0.15) is 0 Å². The summed E-state index contributed by atoms with van der Waals surface area (Å²) in [5, 5.41) is 36.4. The maximum Gasteiger partial charge on any atom is 0.404 e. The molecule has 1 aromatic rings. The Morgan fingerprint density at radius 3 is 1.98 bits per heavy atom. The molecule has 262 valence electrons. The van der Waals surface area contributed by atoms with Gasteiger partial charge in [0.05, 0.1) is 23.7 Å². The summed E-state index contributed by atoms with van der Waals surface area (Å²) in [6.07, 6.45) is -1.27. The lowest BCUT2D eigenvalue weighted by atomic mass is 9.91. The number of rotatable bonds is 20. The van der Waals surface area contributed by atoms with Gasteiger partial charge in [-0.1, -0.05) is 55.4 Å². The predicted octanol–water partition coefficient (Wildman–Crippen LogP) is 2.60. The Morgan fingerprint density at radius 2 is 1.48 bits per heavy atom. The molecule has 13 nitrogen and oxygen atoms in total. The van der Waals surface area contributed by atoms with E-state index >= 15 is 0 Å². The number of hydrogen-bond donors (Lipinski definition) is 7. The van der Waals surface area contributed by atoms with Crippen LogP contribution in [0.2, 0.25) is 0 Å². The Hall–Kier alpha value is -3.26. The van der Waals surface area contributed by atoms with Crippen molar-refractivity contribution in [2.24, 2.45) is 29.6 Å². The summed E-state index contributed by atoms with van der Waals surface area (Å²) in [6, 6.07) is -2.77. The summed E-state index contributed by atoms with van der Waals surface area (Å²) >= 11 is 1.45. The van der Waals surface area contributed by atoms with Gasteiger partial charge in [-0.25, -0.2) is 9.78 Å². The Balaban J connectivity index is 3.02. The van der Waals surface area contributed by atoms with Gasteiger partial charge in [0.15, 0.2) is 0 Å². The molecular formula is C32H56N6O7S. The average molecular weight is 669 g/mol. The van der Waals surface area contributed by atoms with Gasteiger partial charge in [0.25, 0.3) is 0 Å². The van der Waals surface area contributed by atoms with E-state index in [4.69, 9.17) is 0 Å². The zero-order chi connectivity index (χ0) is 35.1. The molecule has 0 saturated carbocycles. The van der Waals surface area contributed by atoms with Crippen molar-refractivity contribution in [1.29, 1.82) is 0 Å². The molecule has 6 atom stereocenters. The molecule has 46 heavy (non-hydrogen) atoms. The minimum absolute atomic E-state index is 0.00251. The van der Waals surface area contributed by atoms with Crippen molar-refractivity contribution in [2.75, 3.05) is 13.1 Å². The first kappa shape index (κ1) is 40.8. The zero-order valence-electron chi connectivity index (χ0n) is 28.8. The molecule has 0 fully saturated rings. The van der Waals surface area contributed by atoms with Crippen molar-refractivity contribution in [3.05, 3.63) is 16.1 Å². The Kier molecular flexibility index (Phi) is 17.8. The lowest BCUT2D eigenvalue weighted by Gasteiger charge is -2.30. The van der Waals surface area contributed by atoms with Crippen LogP contribution in [-0.2, 0) is 25.6 Å². The standard InChI is InChI=1S/C32H56N6O7S/c1-10-22(13-26-35-21(9)16-46-26)29(41)37-24(15-34-32(44)45)30(42)36-23(11-17(2)3)25(39)12-20(8)28(40)38-27(19(6)7)31(43)33-14-18(4)5/h16-20,22-25,27,34,39H,10-15H2,1-9H3,(H,33,43)(H,36,42)(H,37,41)(H,38,40)(H,44,45)/t20-,22+,23+,24+,25+,27+/m1/s1. The van der Waals surface area contributed by atoms with E-state index in [1.807, 2.05) is 60.8 Å². The van der Waals surface area contributed by atoms with E-state index in [2.05, 4.69) is 31.6 Å². The van der Waals surface area contributed by atoms with Gasteiger partial charge >= 0.3 is 6.09 Å². The van der Waals surface area contributed by atoms with Gasteiger partial charge in [0, 0.05) is 35.9 Å². The summed E-state index contributed by atoms with van der Waals surface area (Å²) in [5.74, 6) is -2.77. The molecule has 1 rings (SSSR count). The molecule has 0 aromatic carbocycles. The van der Waals surface area contributed by atoms with E-state index in [0.717, 1.165) is 10.7 Å². The van der Waals surface area contributed by atoms with Gasteiger partial charge < -0.3 is 36.8 Å². The zero-order valence-corrected chi connectivity index (χ0v) is 29.6. The van der Waals surface area contributed by atoms with Crippen molar-refractivity contribution in [2.45, 2.75) is 112 Å². The summed E-state index contributed by atoms with van der Waals surface area (Å²) in [5.41, 5.74) is 0.853. The number of carbonyl (C=O) groups excluding carboxylic acids is 4. The van der Waals surface area contributed by atoms with Crippen LogP contribution in [0.15, 0.2) is 5.38 Å². The van der Waals surface area contributed by atoms with E-state index in [0.29, 0.717) is 25.8 Å². The molecule has 0 bridgehead atoms. The highest BCUT2D eigenvalue weighted by Crippen LogP contribution is 2.18. The van der Waals surface area contributed by atoms with E-state index in [-0.39, 0.29) is 36.6 Å². The Morgan fingerprint density at radius 1 is 0.826 bits per heavy atom. The molecule has 0 saturated heterocycles. The van der Waals surface area contributed by atoms with Crippen LogP contribution >= 0.6 is 11.3 Å². The van der Waals surface area contributed by atoms with Crippen molar-refractivity contribution in [3.8, 4) is 0 Å². The summed E-state index contributed by atoms with van der Waals surface area (Å²) in [4.78, 5) is 68.2. The largest absolute Gasteiger partial charge is 0.465 e. The van der Waals surface area contributed by atoms with Crippen molar-refractivity contribution in [1.82, 2.24) is 31.6 Å². The molecule has 7 N–H and O–H groups in total. The van der Waals surface area contributed by atoms with Gasteiger partial charge in [-0.3, -0.25) is 19.2 Å². The Labute approximate surface area is 277 Å². The number of carbonyl (C=O) groups is 5. The minimum atomic E-state index is -1.35. The van der Waals surface area contributed by atoms with Gasteiger partial charge in [-0.05, 0) is 43.9 Å². The van der Waals surface area contributed by atoms with Crippen LogP contribution in [0.5, 0.6) is 0 Å². The third-order valence-electron chi connectivity index (χ3n) is 7.53. The number of aryl methyl sites for hydroxylation is 1. The van der Waals surface area contributed by atoms with Gasteiger partial charge in [0.1, 0.15) is 12.1 Å². The number of nitrogens with zero attached hydrogens (tertiary/aromatic N) is 1. The molecule has 0 aliphatic rings. The third kappa shape index (κ3) is 14.9. The van der Waals surface area contributed by atoms with E-state index in [9.17, 15) is 34.2 Å². The molecular weight excluding hydrogens is 612 g/mol. The first-order valence-electron chi connectivity index (χ1n) is 16.2. The molecule has 1 aromatic heterocycles. The van der Waals surface area contributed by atoms with E-state index in [1.54, 1.807) is 6.92 Å². The third-order valence-corrected chi connectivity index (χ3v) is 8.52. The first-order valence-corrected chi connectivity index (χ1v) is 17.1. The summed E-state index contributed by atoms with van der Waals surface area (Å²) in [7, 11) is 0. The molecule has 0 radical (unpaired) electrons. The highest BCUT2D eigenvalue weighted by atomic mass is 32.1. The van der Waals surface area contributed by atoms with Crippen LogP contribution in [-0.4, -0.2) is 82.2 Å². The predicted molar refractivity (Wildman–Crippen MR) is 178 cm³/mol. The number of aromatic nitrogens is 1. The maximum atomic E-state index is 13.5. The van der Waals surface area contributed by atoms with E-state index < -0.39 is 59.9 Å². The van der Waals surface area contributed by atoms with Crippen molar-refractivity contribution >= 4 is 41.1 Å². The molecule has 14 heteroatoms. The summed E-state index contributed by atoms with van der Waals surface area (Å²) < 4.78 is 0. The lowest BCUT2D eigenvalue weighted by molar-refractivity contribution is -0.133. The van der Waals surface area contributed by atoms with Crippen LogP contribution in [0.25, 0.3) is 0 Å². The fraction of sp³-hybridized carbons (Fsp3) is 0.750. The molecule has 0 aliphatic heterocycles. The number of carboxylic acid groups (broad SMARTS) is 1. The minimum Gasteiger partial charge on any atom is -0.465 e. The number of hydrogen-bond acceptors (Lipinski definition) is 8. The first-order chi connectivity index (χ1) is 21.4. The lowest BCUT2D eigenvalue weighted by Crippen LogP contribution is -2.57. The van der Waals surface area contributed by atoms with Crippen LogP contribution in [0.3, 0.4) is 0 Å². The highest BCUT2D eigenvalue weighted by molar-refractivity contribution is 7.09. The normalized spacial score (nSPS) is 15.4. The van der Waals surface area contributed by atoms with E-state index in [1.165, 1.54) is 11.3 Å². The molecule has 1 heterocycles. The fourth-order valence-corrected chi connectivity index (χ4v) is 5.65. The van der Waals surface area contributed by atoms with Crippen LogP contribution in [0, 0.1) is 36.5 Å². The maximum absolute atomic E-state index is 13.5. The number of amides is 5. The number of nitrogens with one attached hydrogen (secondary N) is 5. The topological polar surface area (TPSA) is 199 Å². The molecule has 5 amide bonds. The molecule has 0 unspecified atom stereocenters. The van der Waals surface area contributed by atoms with Crippen LogP contribution < -0.4 is 26.6 Å². The Bertz CT molecular complexity index is 1140. The monoisotopic (exact) mass is 668 g/mol. The highest BCUT2D eigenvalue weighted by Gasteiger charge is 2.32. The fourth-order valence-electron chi connectivity index (χ4n) is 4.80.